The van der Waals surface area contributed by atoms with Crippen molar-refractivity contribution >= 4 is 37.6 Å². The van der Waals surface area contributed by atoms with Crippen molar-refractivity contribution in [3.8, 4) is 0 Å². The summed E-state index contributed by atoms with van der Waals surface area (Å²) in [6.07, 6.45) is 1.49. The Hall–Kier alpha value is -0.890. The third kappa shape index (κ3) is 2.82. The smallest absolute Gasteiger partial charge is 0.245 e. The number of rotatable bonds is 3. The summed E-state index contributed by atoms with van der Waals surface area (Å²) >= 11 is 9.40. The first-order valence-electron chi connectivity index (χ1n) is 6.80. The molecule has 1 saturated heterocycles. The Bertz CT molecular complexity index is 806. The molecule has 2 heterocycles. The van der Waals surface area contributed by atoms with E-state index >= 15 is 0 Å². The molecule has 0 bridgehead atoms. The van der Waals surface area contributed by atoms with Crippen LogP contribution in [0.1, 0.15) is 30.3 Å². The molecule has 118 valence electrons. The van der Waals surface area contributed by atoms with Crippen LogP contribution in [-0.4, -0.2) is 24.4 Å². The molecule has 0 N–H and O–H groups in total. The van der Waals surface area contributed by atoms with Crippen molar-refractivity contribution in [1.29, 1.82) is 0 Å². The lowest BCUT2D eigenvalue weighted by molar-refractivity contribution is 0.297. The van der Waals surface area contributed by atoms with E-state index in [4.69, 9.17) is 16.1 Å². The molecule has 0 amide bonds. The molecule has 1 fully saturated rings. The van der Waals surface area contributed by atoms with Gasteiger partial charge in [0, 0.05) is 17.1 Å². The molecular weight excluding hydrogens is 392 g/mol. The number of aryl methyl sites for hydroxylation is 1. The molecule has 1 aliphatic rings. The molecule has 1 atom stereocenters. The zero-order valence-corrected chi connectivity index (χ0v) is 14.9. The number of nitrogens with zero attached hydrogens (tertiary/aromatic N) is 2. The molecule has 1 aliphatic heterocycles. The fraction of sp³-hybridized carbons (Fsp3) is 0.357. The van der Waals surface area contributed by atoms with Crippen LogP contribution in [0.15, 0.2) is 38.2 Å². The fourth-order valence-corrected chi connectivity index (χ4v) is 5.34. The second kappa shape index (κ2) is 5.96. The fourth-order valence-electron chi connectivity index (χ4n) is 2.66. The predicted octanol–water partition coefficient (Wildman–Crippen LogP) is 3.92. The highest BCUT2D eigenvalue weighted by Crippen LogP contribution is 2.38. The second-order valence-electron chi connectivity index (χ2n) is 5.22. The first-order chi connectivity index (χ1) is 10.4. The molecule has 2 aromatic rings. The van der Waals surface area contributed by atoms with Gasteiger partial charge in [-0.2, -0.15) is 4.31 Å². The summed E-state index contributed by atoms with van der Waals surface area (Å²) in [5, 5.41) is 4.05. The summed E-state index contributed by atoms with van der Waals surface area (Å²) in [6, 6.07) is 6.22. The average Bonchev–Trinajstić information content (AvgIpc) is 3.06. The Kier molecular flexibility index (Phi) is 4.33. The molecule has 0 saturated carbocycles. The first kappa shape index (κ1) is 16.0. The molecule has 0 spiro atoms. The van der Waals surface area contributed by atoms with Gasteiger partial charge >= 0.3 is 0 Å². The van der Waals surface area contributed by atoms with Crippen LogP contribution in [0, 0.1) is 6.92 Å². The van der Waals surface area contributed by atoms with Crippen LogP contribution >= 0.6 is 27.5 Å². The van der Waals surface area contributed by atoms with Gasteiger partial charge in [0.05, 0.1) is 16.8 Å². The van der Waals surface area contributed by atoms with Crippen molar-refractivity contribution in [2.45, 2.75) is 30.7 Å². The van der Waals surface area contributed by atoms with E-state index in [1.807, 2.05) is 6.92 Å². The van der Waals surface area contributed by atoms with Crippen molar-refractivity contribution in [2.24, 2.45) is 0 Å². The summed E-state index contributed by atoms with van der Waals surface area (Å²) in [6.45, 7) is 2.26. The van der Waals surface area contributed by atoms with Crippen LogP contribution in [0.25, 0.3) is 0 Å². The van der Waals surface area contributed by atoms with E-state index in [1.54, 1.807) is 18.2 Å². The maximum absolute atomic E-state index is 12.9. The van der Waals surface area contributed by atoms with Gasteiger partial charge < -0.3 is 4.52 Å². The maximum atomic E-state index is 12.9. The number of benzene rings is 1. The third-order valence-electron chi connectivity index (χ3n) is 3.66. The molecule has 0 aliphatic carbocycles. The number of hydrogen-bond acceptors (Lipinski definition) is 4. The van der Waals surface area contributed by atoms with Crippen molar-refractivity contribution in [3.05, 3.63) is 45.2 Å². The Morgan fingerprint density at radius 2 is 2.18 bits per heavy atom. The van der Waals surface area contributed by atoms with Crippen LogP contribution in [-0.2, 0) is 10.0 Å². The highest BCUT2D eigenvalue weighted by molar-refractivity contribution is 9.10. The SMILES string of the molecule is Cc1cc([C@H]2CCCN2S(=O)(=O)c2ccc(Br)cc2Cl)on1. The number of sulfonamides is 1. The van der Waals surface area contributed by atoms with Crippen LogP contribution in [0.3, 0.4) is 0 Å². The molecule has 5 nitrogen and oxygen atoms in total. The van der Waals surface area contributed by atoms with Gasteiger partial charge in [0.2, 0.25) is 10.0 Å². The van der Waals surface area contributed by atoms with E-state index in [0.717, 1.165) is 16.6 Å². The summed E-state index contributed by atoms with van der Waals surface area (Å²) in [5.74, 6) is 0.576. The van der Waals surface area contributed by atoms with Gasteiger partial charge in [0.15, 0.2) is 5.76 Å². The highest BCUT2D eigenvalue weighted by atomic mass is 79.9. The van der Waals surface area contributed by atoms with Gasteiger partial charge in [0.1, 0.15) is 4.90 Å². The van der Waals surface area contributed by atoms with Gasteiger partial charge in [0.25, 0.3) is 0 Å². The molecular formula is C14H14BrClN2O3S. The lowest BCUT2D eigenvalue weighted by Crippen LogP contribution is -2.30. The van der Waals surface area contributed by atoms with Gasteiger partial charge in [-0.15, -0.1) is 0 Å². The molecule has 22 heavy (non-hydrogen) atoms. The number of halogens is 2. The average molecular weight is 406 g/mol. The zero-order valence-electron chi connectivity index (χ0n) is 11.8. The van der Waals surface area contributed by atoms with Crippen LogP contribution in [0.2, 0.25) is 5.02 Å². The third-order valence-corrected chi connectivity index (χ3v) is 6.54. The van der Waals surface area contributed by atoms with Crippen molar-refractivity contribution < 1.29 is 12.9 Å². The van der Waals surface area contributed by atoms with E-state index in [2.05, 4.69) is 21.1 Å². The van der Waals surface area contributed by atoms with Crippen LogP contribution in [0.4, 0.5) is 0 Å². The van der Waals surface area contributed by atoms with E-state index in [1.165, 1.54) is 10.4 Å². The Labute approximate surface area is 142 Å². The summed E-state index contributed by atoms with van der Waals surface area (Å²) in [4.78, 5) is 0.112. The zero-order chi connectivity index (χ0) is 15.9. The lowest BCUT2D eigenvalue weighted by atomic mass is 10.2. The number of aromatic nitrogens is 1. The first-order valence-corrected chi connectivity index (χ1v) is 9.41. The van der Waals surface area contributed by atoms with Crippen molar-refractivity contribution in [3.63, 3.8) is 0 Å². The minimum Gasteiger partial charge on any atom is -0.359 e. The van der Waals surface area contributed by atoms with Crippen LogP contribution in [0.5, 0.6) is 0 Å². The lowest BCUT2D eigenvalue weighted by Gasteiger charge is -2.22. The van der Waals surface area contributed by atoms with Crippen molar-refractivity contribution in [1.82, 2.24) is 9.46 Å². The summed E-state index contributed by atoms with van der Waals surface area (Å²) < 4.78 is 33.3. The monoisotopic (exact) mass is 404 g/mol. The summed E-state index contributed by atoms with van der Waals surface area (Å²) in [7, 11) is -3.68. The number of hydrogen-bond donors (Lipinski definition) is 0. The second-order valence-corrected chi connectivity index (χ2v) is 8.40. The van der Waals surface area contributed by atoms with Crippen molar-refractivity contribution in [2.75, 3.05) is 6.54 Å². The van der Waals surface area contributed by atoms with Crippen LogP contribution < -0.4 is 0 Å². The Morgan fingerprint density at radius 3 is 2.82 bits per heavy atom. The minimum atomic E-state index is -3.68. The molecule has 0 radical (unpaired) electrons. The predicted molar refractivity (Wildman–Crippen MR) is 86.3 cm³/mol. The van der Waals surface area contributed by atoms with E-state index in [-0.39, 0.29) is 16.0 Å². The largest absolute Gasteiger partial charge is 0.359 e. The van der Waals surface area contributed by atoms with Gasteiger partial charge in [-0.1, -0.05) is 32.7 Å². The van der Waals surface area contributed by atoms with Gasteiger partial charge in [-0.25, -0.2) is 8.42 Å². The highest BCUT2D eigenvalue weighted by Gasteiger charge is 2.39. The minimum absolute atomic E-state index is 0.112. The topological polar surface area (TPSA) is 63.4 Å². The van der Waals surface area contributed by atoms with Gasteiger partial charge in [-0.3, -0.25) is 0 Å². The molecule has 8 heteroatoms. The Morgan fingerprint density at radius 1 is 1.41 bits per heavy atom. The molecule has 0 unspecified atom stereocenters. The quantitative estimate of drug-likeness (QED) is 0.776. The normalized spacial score (nSPS) is 19.7. The van der Waals surface area contributed by atoms with E-state index in [0.29, 0.717) is 18.7 Å². The Balaban J connectivity index is 2.00. The maximum Gasteiger partial charge on any atom is 0.245 e. The van der Waals surface area contributed by atoms with E-state index < -0.39 is 10.0 Å². The molecule has 1 aromatic carbocycles. The van der Waals surface area contributed by atoms with Gasteiger partial charge in [-0.05, 0) is 38.0 Å². The molecule has 1 aromatic heterocycles. The van der Waals surface area contributed by atoms with E-state index in [9.17, 15) is 8.42 Å². The standard InChI is InChI=1S/C14H14BrClN2O3S/c1-9-7-13(21-17-9)12-3-2-6-18(12)22(19,20)14-5-4-10(15)8-11(14)16/h4-5,7-8,12H,2-3,6H2,1H3/t12-/m1/s1. The summed E-state index contributed by atoms with van der Waals surface area (Å²) in [5.41, 5.74) is 0.737. The molecule has 3 rings (SSSR count).